The smallest absolute Gasteiger partial charge is 0.269 e. The molecule has 0 aliphatic rings. The van der Waals surface area contributed by atoms with Gasteiger partial charge in [0.1, 0.15) is 5.52 Å². The lowest BCUT2D eigenvalue weighted by Gasteiger charge is -2.10. The number of non-ortho nitro benzene ring substituents is 1. The predicted octanol–water partition coefficient (Wildman–Crippen LogP) is 4.53. The maximum Gasteiger partial charge on any atom is 0.269 e. The molecule has 0 fully saturated rings. The molecule has 9 heteroatoms. The van der Waals surface area contributed by atoms with Crippen molar-refractivity contribution in [3.63, 3.8) is 0 Å². The van der Waals surface area contributed by atoms with Gasteiger partial charge in [-0.3, -0.25) is 20.2 Å². The predicted molar refractivity (Wildman–Crippen MR) is 116 cm³/mol. The van der Waals surface area contributed by atoms with Gasteiger partial charge in [-0.2, -0.15) is 0 Å². The van der Waals surface area contributed by atoms with Crippen LogP contribution >= 0.6 is 12.2 Å². The summed E-state index contributed by atoms with van der Waals surface area (Å²) in [5.41, 5.74) is 3.14. The van der Waals surface area contributed by atoms with E-state index in [1.807, 2.05) is 36.4 Å². The number of hydrogen-bond donors (Lipinski definition) is 2. The molecule has 0 atom stereocenters. The van der Waals surface area contributed by atoms with Gasteiger partial charge in [0.2, 0.25) is 5.89 Å². The molecule has 0 spiro atoms. The number of benzene rings is 3. The second kappa shape index (κ2) is 8.10. The molecule has 0 aliphatic heterocycles. The molecule has 148 valence electrons. The lowest BCUT2D eigenvalue weighted by Crippen LogP contribution is -2.34. The number of nitro groups is 1. The number of rotatable bonds is 4. The molecular formula is C21H14N4O4S. The van der Waals surface area contributed by atoms with Crippen LogP contribution in [0, 0.1) is 10.1 Å². The van der Waals surface area contributed by atoms with Crippen LogP contribution in [0.3, 0.4) is 0 Å². The zero-order valence-corrected chi connectivity index (χ0v) is 16.2. The summed E-state index contributed by atoms with van der Waals surface area (Å²) in [5, 5.41) is 16.2. The topological polar surface area (TPSA) is 110 Å². The number of carbonyl (C=O) groups excluding carboxylic acids is 1. The maximum atomic E-state index is 12.2. The van der Waals surface area contributed by atoms with Crippen molar-refractivity contribution in [2.24, 2.45) is 0 Å². The van der Waals surface area contributed by atoms with Gasteiger partial charge in [-0.25, -0.2) is 4.98 Å². The summed E-state index contributed by atoms with van der Waals surface area (Å²) in [7, 11) is 0. The fraction of sp³-hybridized carbons (Fsp3) is 0. The van der Waals surface area contributed by atoms with Crippen molar-refractivity contribution in [2.75, 3.05) is 5.32 Å². The summed E-state index contributed by atoms with van der Waals surface area (Å²) in [6.07, 6.45) is 0. The number of nitrogens with one attached hydrogen (secondary N) is 2. The first-order valence-corrected chi connectivity index (χ1v) is 9.23. The molecule has 30 heavy (non-hydrogen) atoms. The molecule has 0 saturated carbocycles. The summed E-state index contributed by atoms with van der Waals surface area (Å²) in [4.78, 5) is 26.8. The summed E-state index contributed by atoms with van der Waals surface area (Å²) < 4.78 is 5.74. The third kappa shape index (κ3) is 4.15. The quantitative estimate of drug-likeness (QED) is 0.285. The van der Waals surface area contributed by atoms with Crippen LogP contribution in [-0.2, 0) is 0 Å². The normalized spacial score (nSPS) is 10.5. The highest BCUT2D eigenvalue weighted by Crippen LogP contribution is 2.25. The Morgan fingerprint density at radius 2 is 1.70 bits per heavy atom. The fourth-order valence-electron chi connectivity index (χ4n) is 2.76. The van der Waals surface area contributed by atoms with Gasteiger partial charge in [-0.1, -0.05) is 12.1 Å². The van der Waals surface area contributed by atoms with Crippen LogP contribution in [0.4, 0.5) is 11.4 Å². The largest absolute Gasteiger partial charge is 0.436 e. The maximum absolute atomic E-state index is 12.2. The first-order valence-electron chi connectivity index (χ1n) is 8.82. The SMILES string of the molecule is O=C(NC(=S)Nc1ccc(-c2nc3ccccc3o2)cc1)c1ccc([N+](=O)[O-])cc1. The third-order valence-electron chi connectivity index (χ3n) is 4.25. The number of aromatic nitrogens is 1. The number of amides is 1. The molecule has 1 aromatic heterocycles. The van der Waals surface area contributed by atoms with E-state index in [1.165, 1.54) is 24.3 Å². The Morgan fingerprint density at radius 1 is 1.00 bits per heavy atom. The summed E-state index contributed by atoms with van der Waals surface area (Å²) in [6, 6.07) is 20.0. The average Bonchev–Trinajstić information content (AvgIpc) is 3.18. The summed E-state index contributed by atoms with van der Waals surface area (Å²) in [5.74, 6) is 0.0438. The Kier molecular flexibility index (Phi) is 5.19. The van der Waals surface area contributed by atoms with Crippen LogP contribution in [0.2, 0.25) is 0 Å². The van der Waals surface area contributed by atoms with Crippen molar-refractivity contribution in [3.05, 3.63) is 88.5 Å². The second-order valence-corrected chi connectivity index (χ2v) is 6.68. The van der Waals surface area contributed by atoms with Crippen LogP contribution in [0.5, 0.6) is 0 Å². The highest BCUT2D eigenvalue weighted by atomic mass is 32.1. The molecule has 8 nitrogen and oxygen atoms in total. The van der Waals surface area contributed by atoms with Gasteiger partial charge in [0, 0.05) is 28.9 Å². The Bertz CT molecular complexity index is 1220. The molecule has 0 aliphatic carbocycles. The van der Waals surface area contributed by atoms with Gasteiger partial charge in [0.05, 0.1) is 4.92 Å². The third-order valence-corrected chi connectivity index (χ3v) is 4.46. The van der Waals surface area contributed by atoms with E-state index in [2.05, 4.69) is 15.6 Å². The highest BCUT2D eigenvalue weighted by molar-refractivity contribution is 7.80. The van der Waals surface area contributed by atoms with Gasteiger partial charge in [0.25, 0.3) is 11.6 Å². The zero-order chi connectivity index (χ0) is 21.1. The van der Waals surface area contributed by atoms with Crippen molar-refractivity contribution in [1.82, 2.24) is 10.3 Å². The second-order valence-electron chi connectivity index (χ2n) is 6.28. The number of carbonyl (C=O) groups is 1. The summed E-state index contributed by atoms with van der Waals surface area (Å²) >= 11 is 5.17. The molecule has 1 heterocycles. The molecule has 3 aromatic carbocycles. The zero-order valence-electron chi connectivity index (χ0n) is 15.4. The minimum Gasteiger partial charge on any atom is -0.436 e. The van der Waals surface area contributed by atoms with E-state index in [0.717, 1.165) is 11.1 Å². The Morgan fingerprint density at radius 3 is 2.37 bits per heavy atom. The Balaban J connectivity index is 1.39. The highest BCUT2D eigenvalue weighted by Gasteiger charge is 2.12. The molecule has 4 aromatic rings. The van der Waals surface area contributed by atoms with E-state index in [4.69, 9.17) is 16.6 Å². The van der Waals surface area contributed by atoms with Crippen LogP contribution in [-0.4, -0.2) is 20.9 Å². The minimum absolute atomic E-state index is 0.0914. The number of hydrogen-bond acceptors (Lipinski definition) is 6. The lowest BCUT2D eigenvalue weighted by atomic mass is 10.2. The number of anilines is 1. The van der Waals surface area contributed by atoms with Gasteiger partial charge in [-0.05, 0) is 60.7 Å². The Labute approximate surface area is 175 Å². The lowest BCUT2D eigenvalue weighted by molar-refractivity contribution is -0.384. The van der Waals surface area contributed by atoms with E-state index in [9.17, 15) is 14.9 Å². The molecule has 0 unspecified atom stereocenters. The van der Waals surface area contributed by atoms with Crippen molar-refractivity contribution >= 4 is 45.7 Å². The number of thiocarbonyl (C=S) groups is 1. The van der Waals surface area contributed by atoms with Crippen molar-refractivity contribution in [2.45, 2.75) is 0 Å². The minimum atomic E-state index is -0.529. The van der Waals surface area contributed by atoms with Gasteiger partial charge in [-0.15, -0.1) is 0 Å². The summed E-state index contributed by atoms with van der Waals surface area (Å²) in [6.45, 7) is 0. The van der Waals surface area contributed by atoms with E-state index in [0.29, 0.717) is 17.2 Å². The molecule has 0 saturated heterocycles. The first kappa shape index (κ1) is 19.2. The van der Waals surface area contributed by atoms with E-state index in [1.54, 1.807) is 12.1 Å². The number of para-hydroxylation sites is 2. The standard InChI is InChI=1S/C21H14N4O4S/c26-19(13-7-11-16(12-8-13)25(27)28)24-21(30)22-15-9-5-14(6-10-15)20-23-17-3-1-2-4-18(17)29-20/h1-12H,(H2,22,24,26,30). The number of fused-ring (bicyclic) bond motifs is 1. The molecule has 1 amide bonds. The first-order chi connectivity index (χ1) is 14.5. The fourth-order valence-corrected chi connectivity index (χ4v) is 2.97. The van der Waals surface area contributed by atoms with Crippen LogP contribution < -0.4 is 10.6 Å². The van der Waals surface area contributed by atoms with E-state index < -0.39 is 10.8 Å². The van der Waals surface area contributed by atoms with E-state index >= 15 is 0 Å². The molecule has 0 radical (unpaired) electrons. The van der Waals surface area contributed by atoms with Crippen molar-refractivity contribution in [1.29, 1.82) is 0 Å². The molecule has 2 N–H and O–H groups in total. The Hall–Kier alpha value is -4.11. The van der Waals surface area contributed by atoms with Gasteiger partial charge >= 0.3 is 0 Å². The van der Waals surface area contributed by atoms with Crippen LogP contribution in [0.25, 0.3) is 22.6 Å². The van der Waals surface area contributed by atoms with Gasteiger partial charge in [0.15, 0.2) is 10.7 Å². The van der Waals surface area contributed by atoms with Crippen LogP contribution in [0.15, 0.2) is 77.2 Å². The van der Waals surface area contributed by atoms with Crippen molar-refractivity contribution < 1.29 is 14.1 Å². The molecule has 0 bridgehead atoms. The van der Waals surface area contributed by atoms with Gasteiger partial charge < -0.3 is 9.73 Å². The number of nitrogens with zero attached hydrogens (tertiary/aromatic N) is 2. The average molecular weight is 418 g/mol. The number of oxazole rings is 1. The van der Waals surface area contributed by atoms with Crippen molar-refractivity contribution in [3.8, 4) is 11.5 Å². The van der Waals surface area contributed by atoms with Crippen LogP contribution in [0.1, 0.15) is 10.4 Å². The monoisotopic (exact) mass is 418 g/mol. The molecule has 4 rings (SSSR count). The molecular weight excluding hydrogens is 404 g/mol. The van der Waals surface area contributed by atoms with E-state index in [-0.39, 0.29) is 16.4 Å². The number of nitro benzene ring substituents is 1.